The number of nitrogens with zero attached hydrogens (tertiary/aromatic N) is 3. The molecule has 1 amide bonds. The van der Waals surface area contributed by atoms with Crippen LogP contribution in [0, 0.1) is 0 Å². The highest BCUT2D eigenvalue weighted by molar-refractivity contribution is 7.97. The van der Waals surface area contributed by atoms with Gasteiger partial charge in [-0.2, -0.15) is 0 Å². The van der Waals surface area contributed by atoms with Crippen molar-refractivity contribution in [3.63, 3.8) is 0 Å². The normalized spacial score (nSPS) is 17.4. The zero-order valence-corrected chi connectivity index (χ0v) is 17.4. The summed E-state index contributed by atoms with van der Waals surface area (Å²) in [6, 6.07) is 8.76. The summed E-state index contributed by atoms with van der Waals surface area (Å²) in [7, 11) is -1.16. The summed E-state index contributed by atoms with van der Waals surface area (Å²) in [6.45, 7) is 3.31. The molecule has 1 unspecified atom stereocenters. The Morgan fingerprint density at radius 3 is 2.52 bits per heavy atom. The Balaban J connectivity index is 1.58. The van der Waals surface area contributed by atoms with Crippen molar-refractivity contribution in [2.24, 2.45) is 0 Å². The quantitative estimate of drug-likeness (QED) is 0.663. The lowest BCUT2D eigenvalue weighted by Gasteiger charge is -2.32. The Morgan fingerprint density at radius 2 is 1.86 bits per heavy atom. The van der Waals surface area contributed by atoms with Crippen LogP contribution in [-0.4, -0.2) is 69.7 Å². The number of likely N-dealkylation sites (N-methyl/N-ethyl adjacent to an activating group) is 1. The number of carbonyl (C=O) groups is 1. The van der Waals surface area contributed by atoms with E-state index < -0.39 is 10.2 Å². The summed E-state index contributed by atoms with van der Waals surface area (Å²) in [5.41, 5.74) is 3.42. The molecule has 4 rings (SSSR count). The maximum atomic E-state index is 12.7. The zero-order chi connectivity index (χ0) is 20.6. The molecule has 0 saturated carbocycles. The summed E-state index contributed by atoms with van der Waals surface area (Å²) in [5.74, 6) is 0.127. The van der Waals surface area contributed by atoms with Crippen LogP contribution in [0.15, 0.2) is 47.6 Å². The minimum Gasteiger partial charge on any atom is -0.610 e. The number of benzene rings is 1. The number of piperazine rings is 1. The van der Waals surface area contributed by atoms with Crippen LogP contribution in [0.25, 0.3) is 22.2 Å². The molecule has 1 aliphatic rings. The van der Waals surface area contributed by atoms with Crippen molar-refractivity contribution in [1.82, 2.24) is 19.8 Å². The third kappa shape index (κ3) is 4.24. The summed E-state index contributed by atoms with van der Waals surface area (Å²) < 4.78 is 23.3. The number of rotatable bonds is 4. The largest absolute Gasteiger partial charge is 0.610 e. The number of H-pyrrole nitrogens is 1. The van der Waals surface area contributed by atoms with Gasteiger partial charge in [-0.1, -0.05) is 0 Å². The molecule has 3 aromatic rings. The van der Waals surface area contributed by atoms with Crippen molar-refractivity contribution in [2.75, 3.05) is 39.5 Å². The third-order valence-electron chi connectivity index (χ3n) is 5.43. The lowest BCUT2D eigenvalue weighted by atomic mass is 10.0. The van der Waals surface area contributed by atoms with Gasteiger partial charge in [-0.15, -0.1) is 4.21 Å². The molecule has 7 nitrogen and oxygen atoms in total. The van der Waals surface area contributed by atoms with Crippen molar-refractivity contribution in [2.45, 2.75) is 11.3 Å². The molecule has 1 aliphatic heterocycles. The maximum absolute atomic E-state index is 12.7. The molecule has 0 bridgehead atoms. The van der Waals surface area contributed by atoms with Gasteiger partial charge in [-0.3, -0.25) is 4.79 Å². The van der Waals surface area contributed by atoms with Crippen LogP contribution in [0.1, 0.15) is 5.56 Å². The smallest absolute Gasteiger partial charge is 0.227 e. The fraction of sp³-hybridized carbons (Fsp3) is 0.333. The standard InChI is InChI=1S/C21H24N4O3S/c1-24-7-9-25(10-8-24)20(26)12-17-14-23-21-19(17)11-16(13-22-21)15-3-5-18(6-4-15)29(2,27)28/h3-6,11,13-14H,7-10,12H2,1-2H3,(H-,22,23,27,28). The number of hydrogen-bond acceptors (Lipinski definition) is 5. The van der Waals surface area contributed by atoms with Crippen LogP contribution < -0.4 is 0 Å². The lowest BCUT2D eigenvalue weighted by Crippen LogP contribution is -2.47. The number of aromatic nitrogens is 2. The third-order valence-corrected chi connectivity index (χ3v) is 6.56. The van der Waals surface area contributed by atoms with Gasteiger partial charge in [0.15, 0.2) is 4.90 Å². The summed E-state index contributed by atoms with van der Waals surface area (Å²) >= 11 is 0. The van der Waals surface area contributed by atoms with Gasteiger partial charge in [0.2, 0.25) is 5.91 Å². The number of pyridine rings is 1. The van der Waals surface area contributed by atoms with Crippen molar-refractivity contribution < 1.29 is 13.6 Å². The predicted molar refractivity (Wildman–Crippen MR) is 112 cm³/mol. The van der Waals surface area contributed by atoms with Gasteiger partial charge in [0.05, 0.1) is 16.6 Å². The number of amides is 1. The second-order valence-electron chi connectivity index (χ2n) is 7.59. The number of fused-ring (bicyclic) bond motifs is 1. The first-order valence-electron chi connectivity index (χ1n) is 9.54. The van der Waals surface area contributed by atoms with Crippen molar-refractivity contribution in [1.29, 1.82) is 0 Å². The van der Waals surface area contributed by atoms with Crippen molar-refractivity contribution >= 4 is 27.2 Å². The molecule has 0 spiro atoms. The van der Waals surface area contributed by atoms with E-state index in [9.17, 15) is 13.6 Å². The van der Waals surface area contributed by atoms with E-state index in [-0.39, 0.29) is 10.8 Å². The van der Waals surface area contributed by atoms with Gasteiger partial charge in [-0.05, 0) is 48.5 Å². The topological polar surface area (TPSA) is 92.4 Å². The molecule has 1 fully saturated rings. The van der Waals surface area contributed by atoms with E-state index in [0.29, 0.717) is 6.42 Å². The molecule has 2 aromatic heterocycles. The van der Waals surface area contributed by atoms with Crippen molar-refractivity contribution in [3.8, 4) is 11.1 Å². The number of carbonyl (C=O) groups excluding carboxylic acids is 1. The Labute approximate surface area is 171 Å². The van der Waals surface area contributed by atoms with Gasteiger partial charge < -0.3 is 19.3 Å². The molecule has 1 saturated heterocycles. The molecule has 0 aliphatic carbocycles. The predicted octanol–water partition coefficient (Wildman–Crippen LogP) is 2.16. The van der Waals surface area contributed by atoms with E-state index in [4.69, 9.17) is 0 Å². The highest BCUT2D eigenvalue weighted by Gasteiger charge is 2.20. The molecule has 0 radical (unpaired) electrons. The van der Waals surface area contributed by atoms with E-state index in [1.807, 2.05) is 17.2 Å². The van der Waals surface area contributed by atoms with Crippen LogP contribution in [0.4, 0.5) is 0 Å². The molecular weight excluding hydrogens is 388 g/mol. The fourth-order valence-corrected chi connectivity index (χ4v) is 4.22. The van der Waals surface area contributed by atoms with Gasteiger partial charge in [-0.25, -0.2) is 4.98 Å². The van der Waals surface area contributed by atoms with Crippen LogP contribution >= 0.6 is 0 Å². The van der Waals surface area contributed by atoms with E-state index in [2.05, 4.69) is 21.9 Å². The van der Waals surface area contributed by atoms with Gasteiger partial charge in [0.1, 0.15) is 11.9 Å². The first-order valence-corrected chi connectivity index (χ1v) is 11.4. The molecule has 29 heavy (non-hydrogen) atoms. The Hall–Kier alpha value is -2.55. The monoisotopic (exact) mass is 412 g/mol. The average molecular weight is 413 g/mol. The molecule has 1 atom stereocenters. The second kappa shape index (κ2) is 7.70. The minimum atomic E-state index is -3.23. The minimum absolute atomic E-state index is 0.127. The van der Waals surface area contributed by atoms with Crippen LogP contribution in [0.3, 0.4) is 0 Å². The lowest BCUT2D eigenvalue weighted by molar-refractivity contribution is -0.132. The summed E-state index contributed by atoms with van der Waals surface area (Å²) in [5, 5.41) is 0.914. The van der Waals surface area contributed by atoms with E-state index in [0.717, 1.165) is 53.9 Å². The van der Waals surface area contributed by atoms with Crippen molar-refractivity contribution in [3.05, 3.63) is 48.3 Å². The summed E-state index contributed by atoms with van der Waals surface area (Å²) in [4.78, 5) is 24.8. The second-order valence-corrected chi connectivity index (χ2v) is 9.61. The van der Waals surface area contributed by atoms with E-state index in [1.54, 1.807) is 30.5 Å². The van der Waals surface area contributed by atoms with Gasteiger partial charge in [0.25, 0.3) is 0 Å². The van der Waals surface area contributed by atoms with E-state index in [1.165, 1.54) is 6.26 Å². The number of aromatic amines is 1. The van der Waals surface area contributed by atoms with Gasteiger partial charge >= 0.3 is 0 Å². The van der Waals surface area contributed by atoms with E-state index >= 15 is 0 Å². The first kappa shape index (κ1) is 19.8. The number of nitrogens with one attached hydrogen (secondary N) is 1. The molecule has 1 aromatic carbocycles. The molecule has 8 heteroatoms. The summed E-state index contributed by atoms with van der Waals surface area (Å²) in [6.07, 6.45) is 5.13. The fourth-order valence-electron chi connectivity index (χ4n) is 3.59. The Bertz CT molecular complexity index is 1080. The maximum Gasteiger partial charge on any atom is 0.227 e. The highest BCUT2D eigenvalue weighted by atomic mass is 32.3. The molecule has 152 valence electrons. The molecule has 1 N–H and O–H groups in total. The number of hydrogen-bond donors (Lipinski definition) is 1. The van der Waals surface area contributed by atoms with Gasteiger partial charge in [0, 0.05) is 49.5 Å². The number of sulfone groups is 1. The first-order chi connectivity index (χ1) is 13.8. The average Bonchev–Trinajstić information content (AvgIpc) is 3.10. The Kier molecular flexibility index (Phi) is 5.24. The van der Waals surface area contributed by atoms with Crippen LogP contribution in [-0.2, 0) is 25.6 Å². The SMILES string of the molecule is CN1CCN(C(=O)Cc2c[nH]c3ncc(-c4ccc([S+](C)(=O)[O-])cc4)cc23)CC1. The van der Waals surface area contributed by atoms with Crippen LogP contribution in [0.5, 0.6) is 0 Å². The Morgan fingerprint density at radius 1 is 1.17 bits per heavy atom. The van der Waals surface area contributed by atoms with Crippen LogP contribution in [0.2, 0.25) is 0 Å². The molecular formula is C21H24N4O3S. The zero-order valence-electron chi connectivity index (χ0n) is 16.6. The highest BCUT2D eigenvalue weighted by Crippen LogP contribution is 2.27. The molecule has 3 heterocycles.